The molecular formula is C41H69N7O7. The van der Waals surface area contributed by atoms with Crippen molar-refractivity contribution < 1.29 is 33.5 Å². The number of Topliss-reactive ketones (excluding diaryl/α,β-unsaturated/α-hetero) is 1. The second-order valence-corrected chi connectivity index (χ2v) is 20.4. The van der Waals surface area contributed by atoms with Gasteiger partial charge >= 0.3 is 6.03 Å². The number of ketones is 1. The highest BCUT2D eigenvalue weighted by Gasteiger charge is 2.85. The molecule has 5 aliphatic rings. The summed E-state index contributed by atoms with van der Waals surface area (Å²) in [5.41, 5.74) is 3.08. The fourth-order valence-corrected chi connectivity index (χ4v) is 10.2. The molecule has 5 atom stereocenters. The number of carbonyl (C=O) groups excluding carboxylic acids is 6. The second-order valence-electron chi connectivity index (χ2n) is 20.4. The van der Waals surface area contributed by atoms with Crippen LogP contribution in [0, 0.1) is 33.0 Å². The van der Waals surface area contributed by atoms with Crippen LogP contribution in [0.4, 0.5) is 4.79 Å². The Morgan fingerprint density at radius 1 is 0.836 bits per heavy atom. The lowest BCUT2D eigenvalue weighted by atomic mass is 9.73. The summed E-state index contributed by atoms with van der Waals surface area (Å²) in [4.78, 5) is 85.3. The third kappa shape index (κ3) is 8.00. The number of nitrogens with one attached hydrogen (secondary N) is 4. The highest BCUT2D eigenvalue weighted by Crippen LogP contribution is 2.88. The van der Waals surface area contributed by atoms with Gasteiger partial charge in [0.1, 0.15) is 12.1 Å². The van der Waals surface area contributed by atoms with E-state index in [4.69, 9.17) is 10.5 Å². The maximum absolute atomic E-state index is 14.9. The van der Waals surface area contributed by atoms with E-state index in [1.807, 2.05) is 55.4 Å². The summed E-state index contributed by atoms with van der Waals surface area (Å²) < 4.78 is 5.47. The molecule has 2 saturated heterocycles. The predicted molar refractivity (Wildman–Crippen MR) is 208 cm³/mol. The molecule has 5 rings (SSSR count). The Hall–Kier alpha value is -3.26. The monoisotopic (exact) mass is 772 g/mol. The van der Waals surface area contributed by atoms with Gasteiger partial charge in [0.2, 0.25) is 23.5 Å². The van der Waals surface area contributed by atoms with E-state index in [-0.39, 0.29) is 40.5 Å². The van der Waals surface area contributed by atoms with E-state index in [1.165, 1.54) is 0 Å². The molecule has 0 aromatic heterocycles. The molecule has 5 fully saturated rings. The van der Waals surface area contributed by atoms with Crippen LogP contribution in [0.1, 0.15) is 121 Å². The van der Waals surface area contributed by atoms with Gasteiger partial charge in [-0.1, -0.05) is 81.1 Å². The SMILES string of the molecule is CC(C)(C)[C@H](NC(=O)N[C@H](CNC(=O)C(C)(C)N1CCOCC1)C(C)(C)C)C(=O)N1C[C@]2(C[C@H]1C(=O)NC(CC1CCC1)C(=O)C(N)=O)C(C)(C)C21CCC1. The molecule has 0 radical (unpaired) electrons. The number of morpholine rings is 1. The number of nitrogens with zero attached hydrogens (tertiary/aromatic N) is 2. The van der Waals surface area contributed by atoms with Gasteiger partial charge in [0.15, 0.2) is 0 Å². The van der Waals surface area contributed by atoms with Crippen molar-refractivity contribution in [3.63, 3.8) is 0 Å². The van der Waals surface area contributed by atoms with E-state index in [9.17, 15) is 28.8 Å². The third-order valence-corrected chi connectivity index (χ3v) is 14.6. The number of likely N-dealkylation sites (tertiary alicyclic amines) is 1. The Morgan fingerprint density at radius 3 is 1.93 bits per heavy atom. The zero-order valence-electron chi connectivity index (χ0n) is 35.1. The Balaban J connectivity index is 1.34. The van der Waals surface area contributed by atoms with E-state index in [0.717, 1.165) is 38.5 Å². The van der Waals surface area contributed by atoms with Gasteiger partial charge in [-0.3, -0.25) is 28.9 Å². The number of primary amides is 1. The summed E-state index contributed by atoms with van der Waals surface area (Å²) in [5.74, 6) is -2.69. The molecule has 55 heavy (non-hydrogen) atoms. The zero-order chi connectivity index (χ0) is 40.9. The van der Waals surface area contributed by atoms with Gasteiger partial charge in [0.25, 0.3) is 5.91 Å². The summed E-state index contributed by atoms with van der Waals surface area (Å²) in [6.07, 6.45) is 6.80. The smallest absolute Gasteiger partial charge is 0.315 e. The average molecular weight is 772 g/mol. The molecule has 0 aromatic carbocycles. The van der Waals surface area contributed by atoms with Crippen LogP contribution < -0.4 is 27.0 Å². The minimum atomic E-state index is -1.09. The fourth-order valence-electron chi connectivity index (χ4n) is 10.2. The zero-order valence-corrected chi connectivity index (χ0v) is 35.1. The number of hydrogen-bond acceptors (Lipinski definition) is 8. The van der Waals surface area contributed by atoms with Gasteiger partial charge in [0, 0.05) is 31.6 Å². The van der Waals surface area contributed by atoms with Crippen LogP contribution in [0.2, 0.25) is 0 Å². The lowest BCUT2D eigenvalue weighted by Crippen LogP contribution is -2.63. The Morgan fingerprint density at radius 2 is 1.45 bits per heavy atom. The van der Waals surface area contributed by atoms with Crippen molar-refractivity contribution in [2.45, 2.75) is 150 Å². The molecule has 3 saturated carbocycles. The molecule has 2 heterocycles. The first-order valence-electron chi connectivity index (χ1n) is 20.5. The molecule has 14 heteroatoms. The fraction of sp³-hybridized carbons (Fsp3) is 0.854. The molecule has 310 valence electrons. The van der Waals surface area contributed by atoms with E-state index >= 15 is 0 Å². The van der Waals surface area contributed by atoms with Crippen LogP contribution in [0.3, 0.4) is 0 Å². The highest BCUT2D eigenvalue weighted by molar-refractivity contribution is 6.37. The molecule has 14 nitrogen and oxygen atoms in total. The molecule has 2 spiro atoms. The van der Waals surface area contributed by atoms with Crippen LogP contribution in [0.15, 0.2) is 0 Å². The minimum Gasteiger partial charge on any atom is -0.379 e. The number of rotatable bonds is 13. The number of fused-ring (bicyclic) bond motifs is 1. The number of nitrogens with two attached hydrogens (primary N) is 1. The molecule has 0 bridgehead atoms. The number of carbonyl (C=O) groups is 6. The summed E-state index contributed by atoms with van der Waals surface area (Å²) >= 11 is 0. The Labute approximate surface area is 327 Å². The first-order valence-corrected chi connectivity index (χ1v) is 20.5. The second kappa shape index (κ2) is 15.2. The summed E-state index contributed by atoms with van der Waals surface area (Å²) in [6, 6.07) is -3.99. The van der Waals surface area contributed by atoms with Crippen molar-refractivity contribution in [3.05, 3.63) is 0 Å². The summed E-state index contributed by atoms with van der Waals surface area (Å²) in [7, 11) is 0. The van der Waals surface area contributed by atoms with Crippen molar-refractivity contribution in [1.29, 1.82) is 0 Å². The molecule has 3 aliphatic carbocycles. The number of urea groups is 1. The van der Waals surface area contributed by atoms with Gasteiger partial charge in [0.05, 0.1) is 30.8 Å². The van der Waals surface area contributed by atoms with Gasteiger partial charge in [-0.15, -0.1) is 0 Å². The Bertz CT molecular complexity index is 1520. The van der Waals surface area contributed by atoms with Crippen LogP contribution in [0.5, 0.6) is 0 Å². The van der Waals surface area contributed by atoms with Gasteiger partial charge in [-0.2, -0.15) is 0 Å². The number of ether oxygens (including phenoxy) is 1. The van der Waals surface area contributed by atoms with Crippen LogP contribution in [-0.4, -0.2) is 114 Å². The molecule has 6 amide bonds. The van der Waals surface area contributed by atoms with E-state index in [1.54, 1.807) is 4.90 Å². The van der Waals surface area contributed by atoms with Crippen molar-refractivity contribution in [2.75, 3.05) is 39.4 Å². The molecular weight excluding hydrogens is 702 g/mol. The van der Waals surface area contributed by atoms with Crippen molar-refractivity contribution >= 4 is 35.4 Å². The average Bonchev–Trinajstić information content (AvgIpc) is 3.27. The lowest BCUT2D eigenvalue weighted by molar-refractivity contribution is -0.143. The largest absolute Gasteiger partial charge is 0.379 e. The first-order chi connectivity index (χ1) is 25.4. The van der Waals surface area contributed by atoms with Gasteiger partial charge in [-0.05, 0) is 67.1 Å². The maximum Gasteiger partial charge on any atom is 0.315 e. The number of hydrogen-bond donors (Lipinski definition) is 5. The van der Waals surface area contributed by atoms with E-state index in [0.29, 0.717) is 45.7 Å². The number of amides is 6. The normalized spacial score (nSPS) is 26.6. The van der Waals surface area contributed by atoms with Crippen LogP contribution in [-0.2, 0) is 28.7 Å². The summed E-state index contributed by atoms with van der Waals surface area (Å²) in [5, 5.41) is 11.9. The summed E-state index contributed by atoms with van der Waals surface area (Å²) in [6.45, 7) is 22.8. The highest BCUT2D eigenvalue weighted by atomic mass is 16.5. The van der Waals surface area contributed by atoms with E-state index < -0.39 is 64.2 Å². The topological polar surface area (TPSA) is 192 Å². The van der Waals surface area contributed by atoms with Crippen LogP contribution in [0.25, 0.3) is 0 Å². The molecule has 6 N–H and O–H groups in total. The molecule has 2 aliphatic heterocycles. The lowest BCUT2D eigenvalue weighted by Gasteiger charge is -2.40. The van der Waals surface area contributed by atoms with Crippen molar-refractivity contribution in [3.8, 4) is 0 Å². The predicted octanol–water partition coefficient (Wildman–Crippen LogP) is 2.87. The quantitative estimate of drug-likeness (QED) is 0.177. The minimum absolute atomic E-state index is 0.0185. The van der Waals surface area contributed by atoms with Gasteiger partial charge < -0.3 is 36.6 Å². The first kappa shape index (κ1) is 42.9. The van der Waals surface area contributed by atoms with Crippen molar-refractivity contribution in [1.82, 2.24) is 31.1 Å². The van der Waals surface area contributed by atoms with Gasteiger partial charge in [-0.25, -0.2) is 4.79 Å². The Kier molecular flexibility index (Phi) is 11.9. The van der Waals surface area contributed by atoms with Crippen molar-refractivity contribution in [2.24, 2.45) is 38.7 Å². The molecule has 1 unspecified atom stereocenters. The third-order valence-electron chi connectivity index (χ3n) is 14.6. The standard InChI is InChI=1S/C41H69N7O7/c1-36(2,3)28(23-43-34(53)38(7,8)47-17-19-55-20-18-47)45-35(54)46-30(37(4,5)6)33(52)48-24-41(39(9,10)40(41)15-12-16-40)22-27(48)32(51)44-26(29(49)31(42)50)21-25-13-11-14-25/h25-28,30H,11-24H2,1-10H3,(H2,42,50)(H,43,53)(H,44,51)(H2,45,46,54)/t26?,27-,28+,30+,41+/m0/s1. The maximum atomic E-state index is 14.9. The molecule has 0 aromatic rings. The van der Waals surface area contributed by atoms with E-state index in [2.05, 4.69) is 40.0 Å². The van der Waals surface area contributed by atoms with Crippen LogP contribution >= 0.6 is 0 Å².